The van der Waals surface area contributed by atoms with Crippen molar-refractivity contribution in [1.82, 2.24) is 9.97 Å². The van der Waals surface area contributed by atoms with Gasteiger partial charge in [0.1, 0.15) is 12.4 Å². The maximum Gasteiger partial charge on any atom is 0.357 e. The molecule has 0 aromatic carbocycles. The molecule has 0 unspecified atom stereocenters. The summed E-state index contributed by atoms with van der Waals surface area (Å²) in [5, 5.41) is 17.3. The lowest BCUT2D eigenvalue weighted by Gasteiger charge is -1.94. The summed E-state index contributed by atoms with van der Waals surface area (Å²) in [5.41, 5.74) is -0.936. The van der Waals surface area contributed by atoms with Crippen LogP contribution in [-0.4, -0.2) is 38.7 Å². The molecule has 3 N–H and O–H groups in total. The van der Waals surface area contributed by atoms with Crippen LogP contribution in [0.5, 0.6) is 0 Å². The number of imidazole rings is 1. The number of aromatic amines is 1. The highest BCUT2D eigenvalue weighted by atomic mass is 16.5. The molecule has 1 aromatic heterocycles. The van der Waals surface area contributed by atoms with Crippen molar-refractivity contribution in [2.75, 3.05) is 6.61 Å². The fraction of sp³-hybridized carbons (Fsp3) is 0.375. The summed E-state index contributed by atoms with van der Waals surface area (Å²) in [7, 11) is 0. The number of H-pyrrole nitrogens is 1. The van der Waals surface area contributed by atoms with Crippen LogP contribution in [0, 0.1) is 0 Å². The zero-order valence-electron chi connectivity index (χ0n) is 7.98. The number of hydrogen-bond donors (Lipinski definition) is 3. The van der Waals surface area contributed by atoms with Crippen molar-refractivity contribution in [1.29, 1.82) is 0 Å². The first-order valence-electron chi connectivity index (χ1n) is 4.19. The smallest absolute Gasteiger partial charge is 0.357 e. The number of nitrogens with zero attached hydrogens (tertiary/aromatic N) is 1. The van der Waals surface area contributed by atoms with E-state index in [2.05, 4.69) is 9.97 Å². The van der Waals surface area contributed by atoms with E-state index in [1.165, 1.54) is 0 Å². The third kappa shape index (κ3) is 2.53. The second kappa shape index (κ2) is 4.56. The van der Waals surface area contributed by atoms with E-state index in [9.17, 15) is 9.59 Å². The van der Waals surface area contributed by atoms with E-state index in [1.54, 1.807) is 6.92 Å². The predicted octanol–water partition coefficient (Wildman–Crippen LogP) is 0.343. The first-order chi connectivity index (χ1) is 7.06. The molecule has 0 fully saturated rings. The summed E-state index contributed by atoms with van der Waals surface area (Å²) in [5.74, 6) is -2.55. The molecule has 0 bridgehead atoms. The number of aromatic carboxylic acids is 2. The molecule has 0 radical (unpaired) electrons. The van der Waals surface area contributed by atoms with E-state index in [-0.39, 0.29) is 12.4 Å². The van der Waals surface area contributed by atoms with Crippen molar-refractivity contribution in [3.05, 3.63) is 17.2 Å². The maximum absolute atomic E-state index is 10.6. The number of nitrogens with one attached hydrogen (secondary N) is 1. The molecule has 0 aliphatic rings. The van der Waals surface area contributed by atoms with Gasteiger partial charge in [-0.2, -0.15) is 0 Å². The zero-order valence-corrected chi connectivity index (χ0v) is 7.98. The molecule has 0 spiro atoms. The van der Waals surface area contributed by atoms with E-state index < -0.39 is 23.3 Å². The minimum Gasteiger partial charge on any atom is -0.477 e. The van der Waals surface area contributed by atoms with Crippen molar-refractivity contribution < 1.29 is 24.5 Å². The monoisotopic (exact) mass is 214 g/mol. The lowest BCUT2D eigenvalue weighted by Crippen LogP contribution is -2.07. The Morgan fingerprint density at radius 3 is 2.47 bits per heavy atom. The van der Waals surface area contributed by atoms with E-state index in [1.807, 2.05) is 0 Å². The average molecular weight is 214 g/mol. The Morgan fingerprint density at radius 1 is 1.40 bits per heavy atom. The molecular weight excluding hydrogens is 204 g/mol. The molecule has 0 aliphatic carbocycles. The number of carboxylic acids is 2. The minimum atomic E-state index is -1.38. The lowest BCUT2D eigenvalue weighted by molar-refractivity contribution is 0.0644. The Balaban J connectivity index is 2.98. The molecule has 7 nitrogen and oxygen atoms in total. The van der Waals surface area contributed by atoms with Gasteiger partial charge in [-0.15, -0.1) is 0 Å². The molecule has 1 aromatic rings. The number of carboxylic acid groups (broad SMARTS) is 2. The predicted molar refractivity (Wildman–Crippen MR) is 47.8 cm³/mol. The normalized spacial score (nSPS) is 10.2. The standard InChI is InChI=1S/C8H10N2O5/c1-2-15-3-4-9-5(7(11)12)6(10-4)8(13)14/h2-3H2,1H3,(H,9,10)(H,11,12)(H,13,14). The largest absolute Gasteiger partial charge is 0.477 e. The van der Waals surface area contributed by atoms with Crippen LogP contribution in [0.15, 0.2) is 0 Å². The van der Waals surface area contributed by atoms with Crippen molar-refractivity contribution >= 4 is 11.9 Å². The molecular formula is C8H10N2O5. The molecule has 0 saturated carbocycles. The number of rotatable bonds is 5. The van der Waals surface area contributed by atoms with Gasteiger partial charge >= 0.3 is 11.9 Å². The summed E-state index contributed by atoms with van der Waals surface area (Å²) in [6, 6.07) is 0. The van der Waals surface area contributed by atoms with Gasteiger partial charge in [0.2, 0.25) is 0 Å². The van der Waals surface area contributed by atoms with Gasteiger partial charge in [0.15, 0.2) is 11.4 Å². The van der Waals surface area contributed by atoms with Gasteiger partial charge in [0.25, 0.3) is 0 Å². The molecule has 0 atom stereocenters. The SMILES string of the molecule is CCOCc1nc(C(=O)O)c(C(=O)O)[nH]1. The Kier molecular flexibility index (Phi) is 3.40. The van der Waals surface area contributed by atoms with E-state index in [0.29, 0.717) is 6.61 Å². The topological polar surface area (TPSA) is 113 Å². The quantitative estimate of drug-likeness (QED) is 0.651. The maximum atomic E-state index is 10.6. The van der Waals surface area contributed by atoms with Crippen LogP contribution in [-0.2, 0) is 11.3 Å². The van der Waals surface area contributed by atoms with Crippen LogP contribution in [0.3, 0.4) is 0 Å². The number of carbonyl (C=O) groups is 2. The van der Waals surface area contributed by atoms with Crippen molar-refractivity contribution in [3.63, 3.8) is 0 Å². The molecule has 0 aliphatic heterocycles. The van der Waals surface area contributed by atoms with Crippen molar-refractivity contribution in [2.24, 2.45) is 0 Å². The van der Waals surface area contributed by atoms with Crippen LogP contribution in [0.2, 0.25) is 0 Å². The highest BCUT2D eigenvalue weighted by molar-refractivity contribution is 5.98. The summed E-state index contributed by atoms with van der Waals surface area (Å²) < 4.78 is 4.97. The molecule has 15 heavy (non-hydrogen) atoms. The number of ether oxygens (including phenoxy) is 1. The van der Waals surface area contributed by atoms with Crippen molar-refractivity contribution in [3.8, 4) is 0 Å². The molecule has 82 valence electrons. The number of aromatic nitrogens is 2. The van der Waals surface area contributed by atoms with Gasteiger partial charge in [-0.1, -0.05) is 0 Å². The van der Waals surface area contributed by atoms with Gasteiger partial charge in [-0.3, -0.25) is 0 Å². The molecule has 0 saturated heterocycles. The summed E-state index contributed by atoms with van der Waals surface area (Å²) in [4.78, 5) is 27.3. The van der Waals surface area contributed by atoms with Gasteiger partial charge in [-0.05, 0) is 6.92 Å². The van der Waals surface area contributed by atoms with Crippen LogP contribution >= 0.6 is 0 Å². The van der Waals surface area contributed by atoms with E-state index >= 15 is 0 Å². The molecule has 1 rings (SSSR count). The highest BCUT2D eigenvalue weighted by Crippen LogP contribution is 2.07. The Bertz CT molecular complexity index is 353. The van der Waals surface area contributed by atoms with Gasteiger partial charge in [-0.25, -0.2) is 14.6 Å². The second-order valence-corrected chi connectivity index (χ2v) is 2.65. The van der Waals surface area contributed by atoms with Crippen LogP contribution < -0.4 is 0 Å². The first kappa shape index (κ1) is 11.2. The van der Waals surface area contributed by atoms with Gasteiger partial charge in [0.05, 0.1) is 0 Å². The Morgan fingerprint density at radius 2 is 2.07 bits per heavy atom. The average Bonchev–Trinajstić information content (AvgIpc) is 2.58. The lowest BCUT2D eigenvalue weighted by atomic mass is 10.3. The second-order valence-electron chi connectivity index (χ2n) is 2.65. The first-order valence-corrected chi connectivity index (χ1v) is 4.19. The van der Waals surface area contributed by atoms with Crippen LogP contribution in [0.1, 0.15) is 33.7 Å². The molecule has 7 heteroatoms. The van der Waals surface area contributed by atoms with E-state index in [0.717, 1.165) is 0 Å². The fourth-order valence-electron chi connectivity index (χ4n) is 0.999. The zero-order chi connectivity index (χ0) is 11.4. The fourth-order valence-corrected chi connectivity index (χ4v) is 0.999. The Labute approximate surface area is 84.7 Å². The third-order valence-electron chi connectivity index (χ3n) is 1.61. The molecule has 1 heterocycles. The summed E-state index contributed by atoms with van der Waals surface area (Å²) in [6.45, 7) is 2.26. The number of hydrogen-bond acceptors (Lipinski definition) is 4. The third-order valence-corrected chi connectivity index (χ3v) is 1.61. The summed E-state index contributed by atoms with van der Waals surface area (Å²) in [6.07, 6.45) is 0. The molecule has 0 amide bonds. The van der Waals surface area contributed by atoms with Gasteiger partial charge in [0, 0.05) is 6.61 Å². The van der Waals surface area contributed by atoms with Crippen molar-refractivity contribution in [2.45, 2.75) is 13.5 Å². The van der Waals surface area contributed by atoms with Crippen LogP contribution in [0.4, 0.5) is 0 Å². The minimum absolute atomic E-state index is 0.0596. The highest BCUT2D eigenvalue weighted by Gasteiger charge is 2.21. The van der Waals surface area contributed by atoms with E-state index in [4.69, 9.17) is 14.9 Å². The van der Waals surface area contributed by atoms with Crippen LogP contribution in [0.25, 0.3) is 0 Å². The van der Waals surface area contributed by atoms with Gasteiger partial charge < -0.3 is 19.9 Å². The Hall–Kier alpha value is -1.89. The summed E-state index contributed by atoms with van der Waals surface area (Å²) >= 11 is 0.